The lowest BCUT2D eigenvalue weighted by Gasteiger charge is -2.25. The van der Waals surface area contributed by atoms with E-state index in [2.05, 4.69) is 15.0 Å². The third-order valence-electron chi connectivity index (χ3n) is 4.61. The lowest BCUT2D eigenvalue weighted by Crippen LogP contribution is -2.36. The summed E-state index contributed by atoms with van der Waals surface area (Å²) in [6.07, 6.45) is 3.45. The molecule has 1 amide bonds. The lowest BCUT2D eigenvalue weighted by atomic mass is 9.85. The van der Waals surface area contributed by atoms with Gasteiger partial charge in [-0.25, -0.2) is 8.42 Å². The van der Waals surface area contributed by atoms with Crippen LogP contribution in [-0.2, 0) is 15.4 Å². The van der Waals surface area contributed by atoms with Crippen molar-refractivity contribution in [2.24, 2.45) is 0 Å². The number of hydrogen-bond acceptors (Lipinski definition) is 4. The van der Waals surface area contributed by atoms with E-state index in [0.29, 0.717) is 17.8 Å². The van der Waals surface area contributed by atoms with E-state index in [1.54, 1.807) is 42.7 Å². The number of hydrogen-bond donors (Lipinski definition) is 2. The van der Waals surface area contributed by atoms with E-state index in [-0.39, 0.29) is 16.2 Å². The van der Waals surface area contributed by atoms with Gasteiger partial charge in [0.05, 0.1) is 4.90 Å². The summed E-state index contributed by atoms with van der Waals surface area (Å²) in [4.78, 5) is 16.6. The topological polar surface area (TPSA) is 88.2 Å². The Hall–Kier alpha value is -3.19. The number of nitrogens with zero attached hydrogens (tertiary/aromatic N) is 1. The molecule has 2 N–H and O–H groups in total. The molecule has 29 heavy (non-hydrogen) atoms. The minimum absolute atomic E-state index is 0.0926. The summed E-state index contributed by atoms with van der Waals surface area (Å²) in [6, 6.07) is 18.4. The molecular formula is C22H23N3O3S. The Morgan fingerprint density at radius 1 is 0.931 bits per heavy atom. The number of rotatable bonds is 7. The van der Waals surface area contributed by atoms with Crippen molar-refractivity contribution in [3.63, 3.8) is 0 Å². The number of carbonyl (C=O) groups excluding carboxylic acids is 1. The predicted octanol–water partition coefficient (Wildman–Crippen LogP) is 3.59. The molecule has 1 aromatic heterocycles. The summed E-state index contributed by atoms with van der Waals surface area (Å²) in [6.45, 7) is 4.51. The fourth-order valence-corrected chi connectivity index (χ4v) is 3.87. The normalized spacial score (nSPS) is 11.7. The zero-order valence-corrected chi connectivity index (χ0v) is 17.1. The van der Waals surface area contributed by atoms with E-state index >= 15 is 0 Å². The molecule has 0 aliphatic heterocycles. The second kappa shape index (κ2) is 8.45. The molecule has 0 spiro atoms. The third-order valence-corrected chi connectivity index (χ3v) is 6.00. The Morgan fingerprint density at radius 2 is 1.55 bits per heavy atom. The van der Waals surface area contributed by atoms with Gasteiger partial charge in [-0.3, -0.25) is 14.5 Å². The van der Waals surface area contributed by atoms with Crippen LogP contribution in [-0.4, -0.2) is 25.9 Å². The summed E-state index contributed by atoms with van der Waals surface area (Å²) < 4.78 is 27.5. The molecule has 0 fully saturated rings. The molecule has 0 unspecified atom stereocenters. The van der Waals surface area contributed by atoms with Crippen molar-refractivity contribution in [1.29, 1.82) is 0 Å². The van der Waals surface area contributed by atoms with Gasteiger partial charge in [0.1, 0.15) is 0 Å². The van der Waals surface area contributed by atoms with Crippen LogP contribution in [0.2, 0.25) is 0 Å². The quantitative estimate of drug-likeness (QED) is 0.624. The molecule has 3 aromatic rings. The Bertz CT molecular complexity index is 1070. The van der Waals surface area contributed by atoms with Crippen molar-refractivity contribution in [1.82, 2.24) is 10.3 Å². The maximum atomic E-state index is 12.5. The summed E-state index contributed by atoms with van der Waals surface area (Å²) in [5, 5.41) is 2.91. The molecule has 150 valence electrons. The van der Waals surface area contributed by atoms with E-state index < -0.39 is 10.0 Å². The first kappa shape index (κ1) is 20.5. The largest absolute Gasteiger partial charge is 0.351 e. The van der Waals surface area contributed by atoms with Gasteiger partial charge in [-0.2, -0.15) is 0 Å². The van der Waals surface area contributed by atoms with Crippen molar-refractivity contribution in [3.05, 3.63) is 90.3 Å². The van der Waals surface area contributed by atoms with Gasteiger partial charge in [0.15, 0.2) is 0 Å². The van der Waals surface area contributed by atoms with Crippen molar-refractivity contribution in [2.75, 3.05) is 11.3 Å². The maximum Gasteiger partial charge on any atom is 0.261 e. The van der Waals surface area contributed by atoms with Crippen LogP contribution in [0.15, 0.2) is 84.0 Å². The minimum atomic E-state index is -3.71. The Morgan fingerprint density at radius 3 is 2.17 bits per heavy atom. The van der Waals surface area contributed by atoms with Gasteiger partial charge in [0.25, 0.3) is 15.9 Å². The van der Waals surface area contributed by atoms with Crippen LogP contribution in [0.4, 0.5) is 5.69 Å². The van der Waals surface area contributed by atoms with Crippen LogP contribution in [0.1, 0.15) is 29.8 Å². The molecule has 0 radical (unpaired) electrons. The SMILES string of the molecule is CC(C)(CNC(=O)c1ccc(S(=O)(=O)Nc2ccccc2)cc1)c1ccncc1. The molecule has 0 aliphatic rings. The number of anilines is 1. The number of pyridine rings is 1. The zero-order chi connectivity index (χ0) is 20.9. The summed E-state index contributed by atoms with van der Waals surface area (Å²) in [5.41, 5.74) is 1.68. The molecule has 6 nitrogen and oxygen atoms in total. The van der Waals surface area contributed by atoms with E-state index in [9.17, 15) is 13.2 Å². The lowest BCUT2D eigenvalue weighted by molar-refractivity contribution is 0.0945. The minimum Gasteiger partial charge on any atom is -0.351 e. The molecule has 0 saturated heterocycles. The Balaban J connectivity index is 1.66. The van der Waals surface area contributed by atoms with Crippen molar-refractivity contribution in [2.45, 2.75) is 24.2 Å². The summed E-state index contributed by atoms with van der Waals surface area (Å²) >= 11 is 0. The number of amides is 1. The second-order valence-corrected chi connectivity index (χ2v) is 8.98. The maximum absolute atomic E-state index is 12.5. The van der Waals surface area contributed by atoms with Gasteiger partial charge in [-0.1, -0.05) is 32.0 Å². The molecule has 0 aliphatic carbocycles. The van der Waals surface area contributed by atoms with E-state index in [0.717, 1.165) is 5.56 Å². The second-order valence-electron chi connectivity index (χ2n) is 7.30. The first-order valence-corrected chi connectivity index (χ1v) is 10.6. The number of sulfonamides is 1. The summed E-state index contributed by atoms with van der Waals surface area (Å²) in [7, 11) is -3.71. The third kappa shape index (κ3) is 5.20. The van der Waals surface area contributed by atoms with Crippen LogP contribution in [0.25, 0.3) is 0 Å². The molecule has 0 bridgehead atoms. The highest BCUT2D eigenvalue weighted by Crippen LogP contribution is 2.21. The highest BCUT2D eigenvalue weighted by molar-refractivity contribution is 7.92. The first-order chi connectivity index (χ1) is 13.8. The highest BCUT2D eigenvalue weighted by Gasteiger charge is 2.22. The van der Waals surface area contributed by atoms with Crippen molar-refractivity contribution in [3.8, 4) is 0 Å². The Kier molecular flexibility index (Phi) is 5.98. The van der Waals surface area contributed by atoms with Gasteiger partial charge >= 0.3 is 0 Å². The Labute approximate surface area is 171 Å². The number of nitrogens with one attached hydrogen (secondary N) is 2. The number of aromatic nitrogens is 1. The molecule has 0 saturated carbocycles. The van der Waals surface area contributed by atoms with Gasteiger partial charge in [0.2, 0.25) is 0 Å². The number of para-hydroxylation sites is 1. The van der Waals surface area contributed by atoms with Crippen LogP contribution in [0, 0.1) is 0 Å². The molecule has 2 aromatic carbocycles. The standard InChI is InChI=1S/C22H23N3O3S/c1-22(2,18-12-14-23-15-13-18)16-24-21(26)17-8-10-20(11-9-17)29(27,28)25-19-6-4-3-5-7-19/h3-15,25H,16H2,1-2H3,(H,24,26). The molecule has 3 rings (SSSR count). The van der Waals surface area contributed by atoms with Crippen molar-refractivity contribution >= 4 is 21.6 Å². The van der Waals surface area contributed by atoms with Crippen LogP contribution in [0.5, 0.6) is 0 Å². The van der Waals surface area contributed by atoms with Crippen LogP contribution in [0.3, 0.4) is 0 Å². The smallest absolute Gasteiger partial charge is 0.261 e. The van der Waals surface area contributed by atoms with Gasteiger partial charge in [0, 0.05) is 35.6 Å². The average molecular weight is 410 g/mol. The number of benzene rings is 2. The fraction of sp³-hybridized carbons (Fsp3) is 0.182. The molecule has 1 heterocycles. The van der Waals surface area contributed by atoms with Crippen LogP contribution < -0.4 is 10.0 Å². The van der Waals surface area contributed by atoms with E-state index in [4.69, 9.17) is 0 Å². The zero-order valence-electron chi connectivity index (χ0n) is 16.3. The number of carbonyl (C=O) groups is 1. The average Bonchev–Trinajstić information content (AvgIpc) is 2.73. The van der Waals surface area contributed by atoms with Gasteiger partial charge < -0.3 is 5.32 Å². The fourth-order valence-electron chi connectivity index (χ4n) is 2.81. The summed E-state index contributed by atoms with van der Waals surface area (Å²) in [5.74, 6) is -0.257. The van der Waals surface area contributed by atoms with E-state index in [1.165, 1.54) is 24.3 Å². The molecule has 7 heteroatoms. The monoisotopic (exact) mass is 409 g/mol. The van der Waals surface area contributed by atoms with Crippen LogP contribution >= 0.6 is 0 Å². The molecule has 0 atom stereocenters. The van der Waals surface area contributed by atoms with Gasteiger partial charge in [-0.15, -0.1) is 0 Å². The predicted molar refractivity (Wildman–Crippen MR) is 113 cm³/mol. The van der Waals surface area contributed by atoms with Gasteiger partial charge in [-0.05, 0) is 54.1 Å². The highest BCUT2D eigenvalue weighted by atomic mass is 32.2. The molecular weight excluding hydrogens is 386 g/mol. The first-order valence-electron chi connectivity index (χ1n) is 9.15. The van der Waals surface area contributed by atoms with E-state index in [1.807, 2.05) is 26.0 Å². The van der Waals surface area contributed by atoms with Crippen molar-refractivity contribution < 1.29 is 13.2 Å².